The van der Waals surface area contributed by atoms with Gasteiger partial charge in [-0.2, -0.15) is 0 Å². The van der Waals surface area contributed by atoms with Gasteiger partial charge in [0, 0.05) is 12.6 Å². The van der Waals surface area contributed by atoms with Crippen molar-refractivity contribution in [3.05, 3.63) is 0 Å². The lowest BCUT2D eigenvalue weighted by Crippen LogP contribution is -2.47. The molecule has 4 heteroatoms. The van der Waals surface area contributed by atoms with Crippen LogP contribution < -0.4 is 11.1 Å². The van der Waals surface area contributed by atoms with E-state index in [0.29, 0.717) is 24.4 Å². The lowest BCUT2D eigenvalue weighted by molar-refractivity contribution is -0.122. The van der Waals surface area contributed by atoms with Gasteiger partial charge in [0.25, 0.3) is 0 Å². The summed E-state index contributed by atoms with van der Waals surface area (Å²) in [5, 5.41) is 3.00. The van der Waals surface area contributed by atoms with Crippen molar-refractivity contribution in [3.8, 4) is 0 Å². The van der Waals surface area contributed by atoms with Crippen molar-refractivity contribution < 1.29 is 4.79 Å². The molecule has 0 aliphatic heterocycles. The van der Waals surface area contributed by atoms with Gasteiger partial charge in [-0.25, -0.2) is 0 Å². The number of amides is 1. The van der Waals surface area contributed by atoms with Crippen LogP contribution in [-0.2, 0) is 4.79 Å². The van der Waals surface area contributed by atoms with Crippen molar-refractivity contribution in [3.63, 3.8) is 0 Å². The Morgan fingerprint density at radius 2 is 2.05 bits per heavy atom. The maximum atomic E-state index is 11.9. The number of nitrogens with zero attached hydrogens (tertiary/aromatic N) is 1. The Morgan fingerprint density at radius 3 is 2.68 bits per heavy atom. The van der Waals surface area contributed by atoms with Crippen LogP contribution in [0.1, 0.15) is 46.0 Å². The number of nitrogens with two attached hydrogens (primary N) is 1. The minimum atomic E-state index is 0.143. The first kappa shape index (κ1) is 16.4. The average Bonchev–Trinajstić information content (AvgIpc) is 2.38. The van der Waals surface area contributed by atoms with Gasteiger partial charge in [-0.3, -0.25) is 9.69 Å². The quantitative estimate of drug-likeness (QED) is 0.738. The molecule has 0 saturated heterocycles. The number of rotatable bonds is 7. The molecule has 4 nitrogen and oxygen atoms in total. The predicted molar refractivity (Wildman–Crippen MR) is 79.9 cm³/mol. The van der Waals surface area contributed by atoms with Gasteiger partial charge in [-0.05, 0) is 44.7 Å². The smallest absolute Gasteiger partial charge is 0.234 e. The van der Waals surface area contributed by atoms with Gasteiger partial charge in [-0.1, -0.05) is 26.7 Å². The van der Waals surface area contributed by atoms with Crippen LogP contribution in [0, 0.1) is 11.8 Å². The highest BCUT2D eigenvalue weighted by Gasteiger charge is 2.27. The first-order valence-electron chi connectivity index (χ1n) is 7.71. The third-order valence-electron chi connectivity index (χ3n) is 4.17. The molecular weight excluding hydrogens is 238 g/mol. The minimum Gasteiger partial charge on any atom is -0.355 e. The lowest BCUT2D eigenvalue weighted by atomic mass is 9.84. The summed E-state index contributed by atoms with van der Waals surface area (Å²) in [6.07, 6.45) is 5.98. The van der Waals surface area contributed by atoms with Gasteiger partial charge in [0.2, 0.25) is 5.91 Å². The normalized spacial score (nSPS) is 23.9. The molecule has 0 aromatic rings. The summed E-state index contributed by atoms with van der Waals surface area (Å²) in [6, 6.07) is 0.481. The zero-order valence-corrected chi connectivity index (χ0v) is 12.8. The van der Waals surface area contributed by atoms with E-state index in [0.717, 1.165) is 19.5 Å². The average molecular weight is 269 g/mol. The van der Waals surface area contributed by atoms with Crippen LogP contribution >= 0.6 is 0 Å². The molecule has 1 saturated carbocycles. The zero-order chi connectivity index (χ0) is 14.3. The van der Waals surface area contributed by atoms with Gasteiger partial charge < -0.3 is 11.1 Å². The molecule has 2 atom stereocenters. The van der Waals surface area contributed by atoms with Crippen LogP contribution in [0.5, 0.6) is 0 Å². The number of carbonyl (C=O) groups excluding carboxylic acids is 1. The number of carbonyl (C=O) groups is 1. The van der Waals surface area contributed by atoms with Crippen LogP contribution in [0.3, 0.4) is 0 Å². The maximum absolute atomic E-state index is 11.9. The topological polar surface area (TPSA) is 58.4 Å². The molecule has 2 unspecified atom stereocenters. The predicted octanol–water partition coefficient (Wildman–Crippen LogP) is 1.60. The molecule has 1 aliphatic carbocycles. The molecule has 19 heavy (non-hydrogen) atoms. The van der Waals surface area contributed by atoms with Gasteiger partial charge in [0.05, 0.1) is 6.54 Å². The van der Waals surface area contributed by atoms with Crippen molar-refractivity contribution in [1.82, 2.24) is 10.2 Å². The van der Waals surface area contributed by atoms with Crippen LogP contribution in [0.4, 0.5) is 0 Å². The number of hydrogen-bond acceptors (Lipinski definition) is 3. The van der Waals surface area contributed by atoms with Crippen molar-refractivity contribution >= 4 is 5.91 Å². The number of nitrogens with one attached hydrogen (secondary N) is 1. The second-order valence-electron chi connectivity index (χ2n) is 6.30. The van der Waals surface area contributed by atoms with E-state index in [1.165, 1.54) is 25.7 Å². The summed E-state index contributed by atoms with van der Waals surface area (Å²) < 4.78 is 0. The molecule has 0 bridgehead atoms. The molecule has 112 valence electrons. The SMILES string of the molecule is CC(C)CCNC(=O)CN(C)C1CCCCC1CN. The second-order valence-corrected chi connectivity index (χ2v) is 6.30. The Bertz CT molecular complexity index is 268. The van der Waals surface area contributed by atoms with E-state index < -0.39 is 0 Å². The Labute approximate surface area is 118 Å². The summed E-state index contributed by atoms with van der Waals surface area (Å²) in [5.74, 6) is 1.34. The summed E-state index contributed by atoms with van der Waals surface area (Å²) in [4.78, 5) is 14.1. The molecule has 0 aromatic heterocycles. The number of hydrogen-bond donors (Lipinski definition) is 2. The molecule has 0 radical (unpaired) electrons. The lowest BCUT2D eigenvalue weighted by Gasteiger charge is -2.37. The molecule has 0 aromatic carbocycles. The largest absolute Gasteiger partial charge is 0.355 e. The molecule has 1 fully saturated rings. The fourth-order valence-electron chi connectivity index (χ4n) is 2.94. The summed E-state index contributed by atoms with van der Waals surface area (Å²) in [6.45, 7) is 6.37. The monoisotopic (exact) mass is 269 g/mol. The van der Waals surface area contributed by atoms with E-state index >= 15 is 0 Å². The van der Waals surface area contributed by atoms with E-state index in [4.69, 9.17) is 5.73 Å². The first-order chi connectivity index (χ1) is 9.04. The van der Waals surface area contributed by atoms with E-state index in [9.17, 15) is 4.79 Å². The van der Waals surface area contributed by atoms with E-state index in [1.807, 2.05) is 0 Å². The Morgan fingerprint density at radius 1 is 1.37 bits per heavy atom. The van der Waals surface area contributed by atoms with Crippen LogP contribution in [0.2, 0.25) is 0 Å². The third kappa shape index (κ3) is 5.91. The van der Waals surface area contributed by atoms with E-state index in [2.05, 4.69) is 31.1 Å². The molecule has 1 amide bonds. The Kier molecular flexibility index (Phi) is 7.39. The van der Waals surface area contributed by atoms with E-state index in [-0.39, 0.29) is 5.91 Å². The summed E-state index contributed by atoms with van der Waals surface area (Å²) in [5.41, 5.74) is 5.85. The highest BCUT2D eigenvalue weighted by atomic mass is 16.2. The standard InChI is InChI=1S/C15H31N3O/c1-12(2)8-9-17-15(19)11-18(3)14-7-5-4-6-13(14)10-16/h12-14H,4-11,16H2,1-3H3,(H,17,19). The first-order valence-corrected chi connectivity index (χ1v) is 7.71. The zero-order valence-electron chi connectivity index (χ0n) is 12.8. The third-order valence-corrected chi connectivity index (χ3v) is 4.17. The molecule has 1 aliphatic rings. The minimum absolute atomic E-state index is 0.143. The fourth-order valence-corrected chi connectivity index (χ4v) is 2.94. The Hall–Kier alpha value is -0.610. The highest BCUT2D eigenvalue weighted by molar-refractivity contribution is 5.77. The molecule has 0 heterocycles. The number of likely N-dealkylation sites (N-methyl/N-ethyl adjacent to an activating group) is 1. The van der Waals surface area contributed by atoms with Crippen LogP contribution in [0.15, 0.2) is 0 Å². The van der Waals surface area contributed by atoms with Crippen LogP contribution in [-0.4, -0.2) is 43.5 Å². The van der Waals surface area contributed by atoms with Crippen molar-refractivity contribution in [2.24, 2.45) is 17.6 Å². The van der Waals surface area contributed by atoms with E-state index in [1.54, 1.807) is 0 Å². The van der Waals surface area contributed by atoms with Crippen LogP contribution in [0.25, 0.3) is 0 Å². The van der Waals surface area contributed by atoms with Crippen molar-refractivity contribution in [2.45, 2.75) is 52.0 Å². The molecule has 1 rings (SSSR count). The molecule has 0 spiro atoms. The van der Waals surface area contributed by atoms with Gasteiger partial charge in [0.1, 0.15) is 0 Å². The maximum Gasteiger partial charge on any atom is 0.234 e. The van der Waals surface area contributed by atoms with Crippen molar-refractivity contribution in [2.75, 3.05) is 26.7 Å². The van der Waals surface area contributed by atoms with Gasteiger partial charge >= 0.3 is 0 Å². The second kappa shape index (κ2) is 8.54. The fraction of sp³-hybridized carbons (Fsp3) is 0.933. The highest BCUT2D eigenvalue weighted by Crippen LogP contribution is 2.26. The summed E-state index contributed by atoms with van der Waals surface area (Å²) in [7, 11) is 2.06. The summed E-state index contributed by atoms with van der Waals surface area (Å²) >= 11 is 0. The van der Waals surface area contributed by atoms with Crippen molar-refractivity contribution in [1.29, 1.82) is 0 Å². The Balaban J connectivity index is 2.31. The van der Waals surface area contributed by atoms with Gasteiger partial charge in [0.15, 0.2) is 0 Å². The molecule has 3 N–H and O–H groups in total. The van der Waals surface area contributed by atoms with Gasteiger partial charge in [-0.15, -0.1) is 0 Å². The molecular formula is C15H31N3O.